The molecule has 1 fully saturated rings. The van der Waals surface area contributed by atoms with Crippen LogP contribution in [0.5, 0.6) is 0 Å². The molecule has 0 aliphatic carbocycles. The predicted molar refractivity (Wildman–Crippen MR) is 25.1 cm³/mol. The van der Waals surface area contributed by atoms with Gasteiger partial charge in [0.25, 0.3) is 0 Å². The van der Waals surface area contributed by atoms with E-state index in [0.29, 0.717) is 13.7 Å². The fraction of sp³-hybridized carbons (Fsp3) is 1.00. The Kier molecular flexibility index (Phi) is 1.94. The molecule has 1 aliphatic rings. The van der Waals surface area contributed by atoms with E-state index in [1.807, 2.05) is 0 Å². The molecule has 0 aromatic heterocycles. The second-order valence-corrected chi connectivity index (χ2v) is 9.78. The first-order valence-electron chi connectivity index (χ1n) is 1.60. The van der Waals surface area contributed by atoms with E-state index in [0.717, 1.165) is 6.61 Å². The summed E-state index contributed by atoms with van der Waals surface area (Å²) in [5.74, 6) is 0. The number of hydrogen-bond donors (Lipinski definition) is 0. The van der Waals surface area contributed by atoms with Crippen molar-refractivity contribution >= 4 is 27.7 Å². The van der Waals surface area contributed by atoms with Gasteiger partial charge in [-0.3, -0.25) is 0 Å². The fourth-order valence-corrected chi connectivity index (χ4v) is 6.89. The van der Waals surface area contributed by atoms with Crippen molar-refractivity contribution in [3.63, 3.8) is 0 Å². The summed E-state index contributed by atoms with van der Waals surface area (Å²) >= 11 is 0.806. The molecule has 5 heavy (non-hydrogen) atoms. The van der Waals surface area contributed by atoms with Gasteiger partial charge < -0.3 is 0 Å². The summed E-state index contributed by atoms with van der Waals surface area (Å²) in [5.41, 5.74) is 0. The van der Waals surface area contributed by atoms with Gasteiger partial charge in [-0.2, -0.15) is 0 Å². The van der Waals surface area contributed by atoms with Crippen molar-refractivity contribution in [2.75, 3.05) is 6.61 Å². The van der Waals surface area contributed by atoms with Crippen LogP contribution in [0.25, 0.3) is 0 Å². The van der Waals surface area contributed by atoms with E-state index in [4.69, 9.17) is 3.73 Å². The standard InChI is InChI=1S/C2H6As2O/c1-2-5-4-3-1/h3-4H,1-2H2. The Balaban J connectivity index is 2.08. The van der Waals surface area contributed by atoms with E-state index in [2.05, 4.69) is 0 Å². The third kappa shape index (κ3) is 1.30. The van der Waals surface area contributed by atoms with Crippen LogP contribution >= 0.6 is 0 Å². The minimum absolute atomic E-state index is 0.264. The van der Waals surface area contributed by atoms with Crippen LogP contribution in [0.4, 0.5) is 0 Å². The molecule has 0 aromatic rings. The summed E-state index contributed by atoms with van der Waals surface area (Å²) in [6.45, 7) is 1.11. The first kappa shape index (κ1) is 4.24. The Morgan fingerprint density at radius 2 is 2.60 bits per heavy atom. The molecule has 0 saturated carbocycles. The van der Waals surface area contributed by atoms with Crippen LogP contribution in [0.15, 0.2) is 0 Å². The SMILES string of the molecule is C1C[AsH][AsH]O1. The predicted octanol–water partition coefficient (Wildman–Crippen LogP) is -0.862. The molecule has 30 valence electrons. The zero-order valence-electron chi connectivity index (χ0n) is 2.82. The van der Waals surface area contributed by atoms with E-state index < -0.39 is 0 Å². The van der Waals surface area contributed by atoms with Crippen LogP contribution in [-0.4, -0.2) is 34.3 Å². The van der Waals surface area contributed by atoms with Crippen LogP contribution in [0.1, 0.15) is 0 Å². The molecule has 1 saturated heterocycles. The quantitative estimate of drug-likeness (QED) is 0.458. The first-order valence-corrected chi connectivity index (χ1v) is 10.4. The van der Waals surface area contributed by atoms with Gasteiger partial charge in [0.1, 0.15) is 0 Å². The van der Waals surface area contributed by atoms with Crippen molar-refractivity contribution in [3.8, 4) is 0 Å². The third-order valence-electron chi connectivity index (χ3n) is 0.473. The molecule has 0 spiro atoms. The summed E-state index contributed by atoms with van der Waals surface area (Å²) < 4.78 is 5.12. The molecule has 0 amide bonds. The van der Waals surface area contributed by atoms with E-state index in [9.17, 15) is 0 Å². The molecule has 0 aromatic carbocycles. The molecule has 0 bridgehead atoms. The monoisotopic (exact) mass is 196 g/mol. The molecule has 1 aliphatic heterocycles. The Labute approximate surface area is 43.5 Å². The average Bonchev–Trinajstić information content (AvgIpc) is 1.76. The van der Waals surface area contributed by atoms with Crippen molar-refractivity contribution in [2.45, 2.75) is 5.21 Å². The first-order chi connectivity index (χ1) is 2.50. The van der Waals surface area contributed by atoms with E-state index >= 15 is 0 Å². The fourth-order valence-electron chi connectivity index (χ4n) is 0.255. The molecule has 1 rings (SSSR count). The summed E-state index contributed by atoms with van der Waals surface area (Å²) in [7, 11) is 0. The second-order valence-electron chi connectivity index (χ2n) is 0.877. The summed E-state index contributed by atoms with van der Waals surface area (Å²) in [6, 6.07) is 0. The van der Waals surface area contributed by atoms with Crippen LogP contribution < -0.4 is 0 Å². The van der Waals surface area contributed by atoms with Crippen molar-refractivity contribution < 1.29 is 3.73 Å². The Morgan fingerprint density at radius 3 is 2.80 bits per heavy atom. The van der Waals surface area contributed by atoms with Gasteiger partial charge in [0, 0.05) is 0 Å². The molecule has 0 N–H and O–H groups in total. The third-order valence-corrected chi connectivity index (χ3v) is 8.33. The van der Waals surface area contributed by atoms with Crippen molar-refractivity contribution in [3.05, 3.63) is 0 Å². The van der Waals surface area contributed by atoms with Crippen LogP contribution in [0.2, 0.25) is 5.21 Å². The Bertz CT molecular complexity index is 19.2. The van der Waals surface area contributed by atoms with Crippen LogP contribution in [0.3, 0.4) is 0 Å². The zero-order chi connectivity index (χ0) is 3.54. The Hall–Kier alpha value is 1.08. The minimum atomic E-state index is 0.264. The Morgan fingerprint density at radius 1 is 1.60 bits per heavy atom. The van der Waals surface area contributed by atoms with Crippen molar-refractivity contribution in [1.29, 1.82) is 0 Å². The van der Waals surface area contributed by atoms with E-state index in [1.54, 1.807) is 0 Å². The van der Waals surface area contributed by atoms with Gasteiger partial charge >= 0.3 is 43.3 Å². The second kappa shape index (κ2) is 2.29. The average molecular weight is 196 g/mol. The van der Waals surface area contributed by atoms with Gasteiger partial charge in [-0.25, -0.2) is 0 Å². The van der Waals surface area contributed by atoms with E-state index in [1.165, 1.54) is 5.21 Å². The molecule has 0 radical (unpaired) electrons. The van der Waals surface area contributed by atoms with Gasteiger partial charge in [-0.15, -0.1) is 0 Å². The van der Waals surface area contributed by atoms with Gasteiger partial charge in [0.05, 0.1) is 0 Å². The van der Waals surface area contributed by atoms with Gasteiger partial charge in [-0.05, 0) is 0 Å². The van der Waals surface area contributed by atoms with Gasteiger partial charge in [0.2, 0.25) is 0 Å². The normalized spacial score (nSPS) is 33.6. The maximum absolute atomic E-state index is 5.12. The molecular formula is C2H6As2O. The van der Waals surface area contributed by atoms with Crippen molar-refractivity contribution in [2.24, 2.45) is 0 Å². The summed E-state index contributed by atoms with van der Waals surface area (Å²) in [4.78, 5) is 0. The summed E-state index contributed by atoms with van der Waals surface area (Å²) in [5, 5.41) is 1.46. The van der Waals surface area contributed by atoms with Crippen LogP contribution in [-0.2, 0) is 3.73 Å². The molecular weight excluding hydrogens is 190 g/mol. The molecule has 3 heteroatoms. The molecule has 1 nitrogen and oxygen atoms in total. The number of rotatable bonds is 0. The van der Waals surface area contributed by atoms with Crippen molar-refractivity contribution in [1.82, 2.24) is 0 Å². The topological polar surface area (TPSA) is 9.23 Å². The van der Waals surface area contributed by atoms with Crippen LogP contribution in [0, 0.1) is 0 Å². The number of hydrogen-bond acceptors (Lipinski definition) is 1. The molecule has 2 unspecified atom stereocenters. The molecule has 2 atom stereocenters. The summed E-state index contributed by atoms with van der Waals surface area (Å²) in [6.07, 6.45) is 0. The van der Waals surface area contributed by atoms with Gasteiger partial charge in [-0.1, -0.05) is 0 Å². The maximum atomic E-state index is 5.12. The van der Waals surface area contributed by atoms with E-state index in [-0.39, 0.29) is 14.0 Å². The van der Waals surface area contributed by atoms with Gasteiger partial charge in [0.15, 0.2) is 0 Å². The zero-order valence-corrected chi connectivity index (χ0v) is 7.02. The molecule has 1 heterocycles.